The molecular weight excluding hydrogens is 404 g/mol. The number of benzene rings is 2. The maximum atomic E-state index is 11.4. The predicted molar refractivity (Wildman–Crippen MR) is 119 cm³/mol. The number of nitrogens with zero attached hydrogens (tertiary/aromatic N) is 1. The molecule has 0 fully saturated rings. The zero-order valence-corrected chi connectivity index (χ0v) is 17.7. The highest BCUT2D eigenvalue weighted by Gasteiger charge is 2.15. The molecule has 0 unspecified atom stereocenters. The van der Waals surface area contributed by atoms with Gasteiger partial charge in [0.05, 0.1) is 6.54 Å². The highest BCUT2D eigenvalue weighted by Crippen LogP contribution is 2.24. The Morgan fingerprint density at radius 3 is 2.03 bits per heavy atom. The molecular formula is C21H24N4O2S2. The Hall–Kier alpha value is -2.68. The van der Waals surface area contributed by atoms with Crippen molar-refractivity contribution in [2.24, 2.45) is 10.1 Å². The standard InChI is InChI=1S/C21H24N4O2S2/c1-23-21(24-14-18-12-13-20(28-18)29(22,26)27)25-15-19(16-8-4-2-5-9-16)17-10-6-3-7-11-17/h2-13,19H,14-15H2,1H3,(H2,22,26,27)(H2,23,24,25). The average molecular weight is 429 g/mol. The third-order valence-electron chi connectivity index (χ3n) is 4.45. The molecule has 29 heavy (non-hydrogen) atoms. The van der Waals surface area contributed by atoms with Crippen molar-refractivity contribution in [3.8, 4) is 0 Å². The molecule has 0 atom stereocenters. The predicted octanol–water partition coefficient (Wildman–Crippen LogP) is 2.89. The van der Waals surface area contributed by atoms with Crippen LogP contribution in [0.25, 0.3) is 0 Å². The fraction of sp³-hybridized carbons (Fsp3) is 0.190. The monoisotopic (exact) mass is 428 g/mol. The van der Waals surface area contributed by atoms with Crippen LogP contribution in [0.2, 0.25) is 0 Å². The van der Waals surface area contributed by atoms with E-state index in [-0.39, 0.29) is 10.1 Å². The topological polar surface area (TPSA) is 96.6 Å². The minimum Gasteiger partial charge on any atom is -0.355 e. The number of hydrogen-bond donors (Lipinski definition) is 3. The van der Waals surface area contributed by atoms with Gasteiger partial charge in [0, 0.05) is 24.4 Å². The van der Waals surface area contributed by atoms with Crippen molar-refractivity contribution in [3.63, 3.8) is 0 Å². The fourth-order valence-corrected chi connectivity index (χ4v) is 4.71. The lowest BCUT2D eigenvalue weighted by molar-refractivity contribution is 0.600. The van der Waals surface area contributed by atoms with Gasteiger partial charge in [-0.3, -0.25) is 4.99 Å². The third-order valence-corrected chi connectivity index (χ3v) is 6.97. The minimum atomic E-state index is -3.66. The van der Waals surface area contributed by atoms with Crippen molar-refractivity contribution in [1.29, 1.82) is 0 Å². The maximum Gasteiger partial charge on any atom is 0.247 e. The van der Waals surface area contributed by atoms with Gasteiger partial charge in [-0.2, -0.15) is 0 Å². The van der Waals surface area contributed by atoms with Crippen LogP contribution < -0.4 is 15.8 Å². The van der Waals surface area contributed by atoms with E-state index in [0.717, 1.165) is 16.2 Å². The fourth-order valence-electron chi connectivity index (χ4n) is 3.00. The normalized spacial score (nSPS) is 12.2. The summed E-state index contributed by atoms with van der Waals surface area (Å²) in [5.41, 5.74) is 2.44. The first-order chi connectivity index (χ1) is 14.0. The third kappa shape index (κ3) is 5.90. The quantitative estimate of drug-likeness (QED) is 0.398. The number of guanidine groups is 1. The molecule has 1 heterocycles. The van der Waals surface area contributed by atoms with E-state index in [1.54, 1.807) is 13.1 Å². The van der Waals surface area contributed by atoms with Crippen LogP contribution in [-0.4, -0.2) is 28.0 Å². The van der Waals surface area contributed by atoms with Gasteiger partial charge in [0.25, 0.3) is 0 Å². The van der Waals surface area contributed by atoms with Crippen LogP contribution >= 0.6 is 11.3 Å². The van der Waals surface area contributed by atoms with Gasteiger partial charge in [0.2, 0.25) is 10.0 Å². The van der Waals surface area contributed by atoms with Crippen molar-refractivity contribution in [2.45, 2.75) is 16.7 Å². The molecule has 0 spiro atoms. The molecule has 152 valence electrons. The van der Waals surface area contributed by atoms with Crippen molar-refractivity contribution >= 4 is 27.3 Å². The van der Waals surface area contributed by atoms with Gasteiger partial charge in [-0.25, -0.2) is 13.6 Å². The van der Waals surface area contributed by atoms with Crippen molar-refractivity contribution in [2.75, 3.05) is 13.6 Å². The Labute approximate surface area is 175 Å². The highest BCUT2D eigenvalue weighted by molar-refractivity contribution is 7.91. The smallest absolute Gasteiger partial charge is 0.247 e. The first-order valence-corrected chi connectivity index (χ1v) is 11.5. The summed E-state index contributed by atoms with van der Waals surface area (Å²) < 4.78 is 23.0. The van der Waals surface area contributed by atoms with Crippen molar-refractivity contribution < 1.29 is 8.42 Å². The molecule has 3 aromatic rings. The highest BCUT2D eigenvalue weighted by atomic mass is 32.2. The number of hydrogen-bond acceptors (Lipinski definition) is 4. The Morgan fingerprint density at radius 2 is 1.55 bits per heavy atom. The Kier molecular flexibility index (Phi) is 7.03. The minimum absolute atomic E-state index is 0.158. The van der Waals surface area contributed by atoms with Crippen molar-refractivity contribution in [1.82, 2.24) is 10.6 Å². The van der Waals surface area contributed by atoms with Gasteiger partial charge in [-0.05, 0) is 23.3 Å². The molecule has 8 heteroatoms. The van der Waals surface area contributed by atoms with Crippen LogP contribution in [0.4, 0.5) is 0 Å². The molecule has 0 aliphatic rings. The van der Waals surface area contributed by atoms with E-state index >= 15 is 0 Å². The van der Waals surface area contributed by atoms with Crippen LogP contribution in [0, 0.1) is 0 Å². The summed E-state index contributed by atoms with van der Waals surface area (Å²) in [5, 5.41) is 11.8. The molecule has 0 saturated heterocycles. The van der Waals surface area contributed by atoms with Crippen LogP contribution in [0.1, 0.15) is 21.9 Å². The van der Waals surface area contributed by atoms with Gasteiger partial charge < -0.3 is 10.6 Å². The van der Waals surface area contributed by atoms with E-state index in [2.05, 4.69) is 39.9 Å². The van der Waals surface area contributed by atoms with E-state index in [9.17, 15) is 8.42 Å². The van der Waals surface area contributed by atoms with Gasteiger partial charge in [0.1, 0.15) is 4.21 Å². The number of primary sulfonamides is 1. The van der Waals surface area contributed by atoms with Crippen LogP contribution in [-0.2, 0) is 16.6 Å². The summed E-state index contributed by atoms with van der Waals surface area (Å²) in [4.78, 5) is 5.13. The van der Waals surface area contributed by atoms with Gasteiger partial charge in [0.15, 0.2) is 5.96 Å². The molecule has 1 aromatic heterocycles. The first kappa shape index (κ1) is 21.0. The zero-order chi connectivity index (χ0) is 20.7. The lowest BCUT2D eigenvalue weighted by Gasteiger charge is -2.20. The second kappa shape index (κ2) is 9.69. The molecule has 0 aliphatic heterocycles. The van der Waals surface area contributed by atoms with Gasteiger partial charge >= 0.3 is 0 Å². The Morgan fingerprint density at radius 1 is 0.966 bits per heavy atom. The summed E-state index contributed by atoms with van der Waals surface area (Å²) in [5.74, 6) is 0.819. The average Bonchev–Trinajstić information content (AvgIpc) is 3.22. The number of sulfonamides is 1. The van der Waals surface area contributed by atoms with Crippen LogP contribution in [0.3, 0.4) is 0 Å². The second-order valence-corrected chi connectivity index (χ2v) is 9.40. The zero-order valence-electron chi connectivity index (χ0n) is 16.1. The number of nitrogens with one attached hydrogen (secondary N) is 2. The van der Waals surface area contributed by atoms with E-state index in [1.807, 2.05) is 36.4 Å². The largest absolute Gasteiger partial charge is 0.355 e. The van der Waals surface area contributed by atoms with E-state index in [1.165, 1.54) is 17.2 Å². The number of thiophene rings is 1. The summed E-state index contributed by atoms with van der Waals surface area (Å²) in [6, 6.07) is 23.9. The van der Waals surface area contributed by atoms with E-state index < -0.39 is 10.0 Å². The molecule has 0 bridgehead atoms. The molecule has 4 N–H and O–H groups in total. The van der Waals surface area contributed by atoms with Crippen molar-refractivity contribution in [3.05, 3.63) is 88.8 Å². The Balaban J connectivity index is 1.65. The van der Waals surface area contributed by atoms with Crippen LogP contribution in [0.5, 0.6) is 0 Å². The van der Waals surface area contributed by atoms with Crippen LogP contribution in [0.15, 0.2) is 82.0 Å². The summed E-state index contributed by atoms with van der Waals surface area (Å²) in [7, 11) is -1.96. The number of nitrogens with two attached hydrogens (primary N) is 1. The molecule has 3 rings (SSSR count). The summed E-state index contributed by atoms with van der Waals surface area (Å²) >= 11 is 1.15. The lowest BCUT2D eigenvalue weighted by atomic mass is 9.91. The summed E-state index contributed by atoms with van der Waals surface area (Å²) in [6.07, 6.45) is 0. The molecule has 0 aliphatic carbocycles. The lowest BCUT2D eigenvalue weighted by Crippen LogP contribution is -2.39. The first-order valence-electron chi connectivity index (χ1n) is 9.13. The Bertz CT molecular complexity index is 1010. The molecule has 0 radical (unpaired) electrons. The molecule has 0 amide bonds. The molecule has 2 aromatic carbocycles. The summed E-state index contributed by atoms with van der Waals surface area (Å²) in [6.45, 7) is 1.13. The molecule has 6 nitrogen and oxygen atoms in total. The van der Waals surface area contributed by atoms with Gasteiger partial charge in [-0.15, -0.1) is 11.3 Å². The number of rotatable bonds is 7. The maximum absolute atomic E-state index is 11.4. The van der Waals surface area contributed by atoms with E-state index in [4.69, 9.17) is 5.14 Å². The second-order valence-electron chi connectivity index (χ2n) is 6.45. The van der Waals surface area contributed by atoms with E-state index in [0.29, 0.717) is 19.0 Å². The SMILES string of the molecule is CN=C(NCc1ccc(S(N)(=O)=O)s1)NCC(c1ccccc1)c1ccccc1. The van der Waals surface area contributed by atoms with Gasteiger partial charge in [-0.1, -0.05) is 60.7 Å². The molecule has 0 saturated carbocycles. The number of aliphatic imine (C=N–C) groups is 1.